The largest absolute Gasteiger partial charge is 0.350 e. The normalized spacial score (nSPS) is 11.7. The molecule has 0 aliphatic carbocycles. The van der Waals surface area contributed by atoms with Crippen LogP contribution < -0.4 is 10.6 Å². The topological polar surface area (TPSA) is 102 Å². The molecule has 8 nitrogen and oxygen atoms in total. The molecule has 1 unspecified atom stereocenters. The Balaban J connectivity index is 1.46. The van der Waals surface area contributed by atoms with Crippen LogP contribution in [0.3, 0.4) is 0 Å². The van der Waals surface area contributed by atoms with Crippen molar-refractivity contribution in [3.8, 4) is 17.1 Å². The predicted molar refractivity (Wildman–Crippen MR) is 124 cm³/mol. The van der Waals surface area contributed by atoms with Crippen LogP contribution in [0.4, 0.5) is 5.13 Å². The van der Waals surface area contributed by atoms with E-state index in [1.165, 1.54) is 24.5 Å². The summed E-state index contributed by atoms with van der Waals surface area (Å²) in [6.07, 6.45) is 3.21. The molecule has 0 saturated heterocycles. The lowest BCUT2D eigenvalue weighted by atomic mass is 10.1. The Morgan fingerprint density at radius 2 is 1.91 bits per heavy atom. The van der Waals surface area contributed by atoms with Gasteiger partial charge in [-0.3, -0.25) is 14.9 Å². The molecule has 0 bridgehead atoms. The number of nitrogens with one attached hydrogen (secondary N) is 2. The Bertz CT molecular complexity index is 1250. The van der Waals surface area contributed by atoms with Crippen molar-refractivity contribution >= 4 is 28.3 Å². The third kappa shape index (κ3) is 4.57. The molecule has 0 fully saturated rings. The number of pyridine rings is 1. The van der Waals surface area contributed by atoms with Gasteiger partial charge in [0, 0.05) is 24.1 Å². The number of carbonyl (C=O) groups excluding carboxylic acids is 2. The van der Waals surface area contributed by atoms with Crippen molar-refractivity contribution in [3.05, 3.63) is 77.1 Å². The molecule has 0 radical (unpaired) electrons. The molecule has 4 aromatic rings. The maximum Gasteiger partial charge on any atom is 0.260 e. The number of benzene rings is 1. The summed E-state index contributed by atoms with van der Waals surface area (Å²) in [6, 6.07) is 13.3. The summed E-state index contributed by atoms with van der Waals surface area (Å²) < 4.78 is 1.63. The molecule has 0 aliphatic rings. The molecule has 32 heavy (non-hydrogen) atoms. The Labute approximate surface area is 189 Å². The molecule has 1 atom stereocenters. The van der Waals surface area contributed by atoms with Gasteiger partial charge >= 0.3 is 0 Å². The van der Waals surface area contributed by atoms with E-state index in [4.69, 9.17) is 0 Å². The highest BCUT2D eigenvalue weighted by Crippen LogP contribution is 2.27. The molecule has 3 aromatic heterocycles. The second-order valence-corrected chi connectivity index (χ2v) is 8.14. The first kappa shape index (κ1) is 21.4. The first-order valence-electron chi connectivity index (χ1n) is 10.0. The molecule has 2 N–H and O–H groups in total. The van der Waals surface area contributed by atoms with Crippen LogP contribution in [0.2, 0.25) is 0 Å². The molecule has 0 aliphatic heterocycles. The molecule has 0 saturated carbocycles. The van der Waals surface area contributed by atoms with Crippen LogP contribution >= 0.6 is 11.3 Å². The van der Waals surface area contributed by atoms with E-state index in [0.29, 0.717) is 22.2 Å². The summed E-state index contributed by atoms with van der Waals surface area (Å²) in [6.45, 7) is 5.26. The fourth-order valence-corrected chi connectivity index (χ4v) is 4.02. The van der Waals surface area contributed by atoms with Crippen LogP contribution in [0.25, 0.3) is 17.1 Å². The maximum absolute atomic E-state index is 12.8. The number of nitrogens with zero attached hydrogens (tertiary/aromatic N) is 4. The van der Waals surface area contributed by atoms with Crippen molar-refractivity contribution < 1.29 is 9.59 Å². The van der Waals surface area contributed by atoms with Gasteiger partial charge in [-0.1, -0.05) is 30.3 Å². The molecule has 2 amide bonds. The number of carbonyl (C=O) groups is 2. The highest BCUT2D eigenvalue weighted by Gasteiger charge is 2.17. The van der Waals surface area contributed by atoms with Crippen molar-refractivity contribution in [1.29, 1.82) is 0 Å². The second-order valence-electron chi connectivity index (χ2n) is 7.28. The summed E-state index contributed by atoms with van der Waals surface area (Å²) >= 11 is 1.36. The average molecular weight is 447 g/mol. The fourth-order valence-electron chi connectivity index (χ4n) is 3.30. The first-order valence-corrected chi connectivity index (χ1v) is 10.9. The van der Waals surface area contributed by atoms with Gasteiger partial charge in [-0.15, -0.1) is 11.3 Å². The van der Waals surface area contributed by atoms with E-state index < -0.39 is 0 Å². The fraction of sp³-hybridized carbons (Fsp3) is 0.174. The van der Waals surface area contributed by atoms with Gasteiger partial charge in [0.2, 0.25) is 5.91 Å². The zero-order valence-electron chi connectivity index (χ0n) is 17.9. The van der Waals surface area contributed by atoms with Crippen LogP contribution in [0.5, 0.6) is 0 Å². The van der Waals surface area contributed by atoms with Gasteiger partial charge < -0.3 is 5.32 Å². The van der Waals surface area contributed by atoms with E-state index in [1.807, 2.05) is 61.7 Å². The number of aromatic nitrogens is 4. The minimum atomic E-state index is -0.273. The number of anilines is 1. The van der Waals surface area contributed by atoms with Crippen molar-refractivity contribution in [1.82, 2.24) is 25.1 Å². The summed E-state index contributed by atoms with van der Waals surface area (Å²) in [5, 5.41) is 12.4. The Hall–Kier alpha value is -3.85. The van der Waals surface area contributed by atoms with E-state index in [1.54, 1.807) is 10.9 Å². The summed E-state index contributed by atoms with van der Waals surface area (Å²) in [7, 11) is 0. The quantitative estimate of drug-likeness (QED) is 0.463. The number of hydrogen-bond acceptors (Lipinski definition) is 6. The van der Waals surface area contributed by atoms with Crippen LogP contribution in [-0.4, -0.2) is 31.6 Å². The highest BCUT2D eigenvalue weighted by molar-refractivity contribution is 7.14. The monoisotopic (exact) mass is 446 g/mol. The molecular weight excluding hydrogens is 424 g/mol. The van der Waals surface area contributed by atoms with Crippen molar-refractivity contribution in [3.63, 3.8) is 0 Å². The predicted octanol–water partition coefficient (Wildman–Crippen LogP) is 4.15. The van der Waals surface area contributed by atoms with Crippen LogP contribution in [0.15, 0.2) is 60.2 Å². The third-order valence-electron chi connectivity index (χ3n) is 4.97. The van der Waals surface area contributed by atoms with Gasteiger partial charge in [0.1, 0.15) is 0 Å². The minimum absolute atomic E-state index is 0.0673. The van der Waals surface area contributed by atoms with Gasteiger partial charge in [0.25, 0.3) is 5.91 Å². The zero-order chi connectivity index (χ0) is 22.7. The zero-order valence-corrected chi connectivity index (χ0v) is 18.7. The number of thiazole rings is 1. The molecule has 9 heteroatoms. The van der Waals surface area contributed by atoms with Crippen molar-refractivity contribution in [2.45, 2.75) is 26.8 Å². The molecule has 0 spiro atoms. The molecule has 3 heterocycles. The first-order chi connectivity index (χ1) is 15.4. The summed E-state index contributed by atoms with van der Waals surface area (Å²) in [5.41, 5.74) is 3.86. The number of hydrogen-bond donors (Lipinski definition) is 2. The van der Waals surface area contributed by atoms with Crippen LogP contribution in [-0.2, 0) is 4.79 Å². The van der Waals surface area contributed by atoms with Gasteiger partial charge in [-0.2, -0.15) is 5.10 Å². The minimum Gasteiger partial charge on any atom is -0.350 e. The summed E-state index contributed by atoms with van der Waals surface area (Å²) in [4.78, 5) is 32.8. The van der Waals surface area contributed by atoms with E-state index in [2.05, 4.69) is 25.7 Å². The van der Waals surface area contributed by atoms with Gasteiger partial charge in [-0.25, -0.2) is 14.6 Å². The number of amides is 2. The standard InChI is InChI=1S/C23H22N6O2S/c1-14(26-16(3)30)17-7-9-18(10-8-17)20-13-32-23(27-20)28-22(31)19-12-25-29(15(19)2)21-6-4-5-11-24-21/h4-14H,1-3H3,(H,26,30)(H,27,28,31). The lowest BCUT2D eigenvalue weighted by Gasteiger charge is -2.13. The Kier molecular flexibility index (Phi) is 6.09. The highest BCUT2D eigenvalue weighted by atomic mass is 32.1. The lowest BCUT2D eigenvalue weighted by Crippen LogP contribution is -2.23. The Morgan fingerprint density at radius 1 is 1.12 bits per heavy atom. The van der Waals surface area contributed by atoms with Crippen molar-refractivity contribution in [2.75, 3.05) is 5.32 Å². The molecular formula is C23H22N6O2S. The number of rotatable bonds is 6. The maximum atomic E-state index is 12.8. The SMILES string of the molecule is CC(=O)NC(C)c1ccc(-c2csc(NC(=O)c3cnn(-c4ccccn4)c3C)n2)cc1. The van der Waals surface area contributed by atoms with E-state index >= 15 is 0 Å². The third-order valence-corrected chi connectivity index (χ3v) is 5.73. The van der Waals surface area contributed by atoms with Gasteiger partial charge in [0.15, 0.2) is 10.9 Å². The second kappa shape index (κ2) is 9.11. The lowest BCUT2D eigenvalue weighted by molar-refractivity contribution is -0.119. The molecule has 162 valence electrons. The van der Waals surface area contributed by atoms with E-state index in [-0.39, 0.29) is 17.9 Å². The molecule has 4 rings (SSSR count). The Morgan fingerprint density at radius 3 is 2.59 bits per heavy atom. The van der Waals surface area contributed by atoms with E-state index in [9.17, 15) is 9.59 Å². The van der Waals surface area contributed by atoms with Gasteiger partial charge in [0.05, 0.1) is 29.2 Å². The van der Waals surface area contributed by atoms with Crippen LogP contribution in [0.1, 0.15) is 41.5 Å². The van der Waals surface area contributed by atoms with Crippen molar-refractivity contribution in [2.24, 2.45) is 0 Å². The van der Waals surface area contributed by atoms with E-state index in [0.717, 1.165) is 16.8 Å². The van der Waals surface area contributed by atoms with Crippen LogP contribution in [0, 0.1) is 6.92 Å². The smallest absolute Gasteiger partial charge is 0.260 e. The molecule has 1 aromatic carbocycles. The average Bonchev–Trinajstić information content (AvgIpc) is 3.40. The van der Waals surface area contributed by atoms with Gasteiger partial charge in [-0.05, 0) is 31.5 Å². The summed E-state index contributed by atoms with van der Waals surface area (Å²) in [5.74, 6) is 0.309.